The molecule has 0 bridgehead atoms. The fourth-order valence-electron chi connectivity index (χ4n) is 3.44. The summed E-state index contributed by atoms with van der Waals surface area (Å²) in [6, 6.07) is 10.4. The standard InChI is InChI=1S/C20H18FN3O2/c1-13-10-19(26-23-13)18-6-3-9-24(18)20(25)15-5-2-4-14(11-15)16-7-8-22-12-17(16)21/h2,4-5,7-8,10-12,18H,3,6,9H2,1H3/t18-/m1/s1. The van der Waals surface area contributed by atoms with Crippen LogP contribution in [0, 0.1) is 12.7 Å². The van der Waals surface area contributed by atoms with Crippen molar-refractivity contribution in [2.75, 3.05) is 6.54 Å². The number of carbonyl (C=O) groups is 1. The maximum atomic E-state index is 14.0. The summed E-state index contributed by atoms with van der Waals surface area (Å²) in [4.78, 5) is 18.6. The van der Waals surface area contributed by atoms with Crippen LogP contribution in [0.15, 0.2) is 53.3 Å². The summed E-state index contributed by atoms with van der Waals surface area (Å²) in [7, 11) is 0. The average Bonchev–Trinajstić information content (AvgIpc) is 3.30. The maximum Gasteiger partial charge on any atom is 0.254 e. The van der Waals surface area contributed by atoms with Crippen molar-refractivity contribution in [2.24, 2.45) is 0 Å². The molecule has 1 aromatic carbocycles. The first-order valence-corrected chi connectivity index (χ1v) is 8.57. The monoisotopic (exact) mass is 351 g/mol. The lowest BCUT2D eigenvalue weighted by Gasteiger charge is -2.23. The summed E-state index contributed by atoms with van der Waals surface area (Å²) >= 11 is 0. The Hall–Kier alpha value is -3.02. The molecule has 3 aromatic rings. The maximum absolute atomic E-state index is 14.0. The van der Waals surface area contributed by atoms with Gasteiger partial charge < -0.3 is 9.42 Å². The summed E-state index contributed by atoms with van der Waals surface area (Å²) < 4.78 is 19.4. The van der Waals surface area contributed by atoms with Gasteiger partial charge in [0.15, 0.2) is 5.76 Å². The molecule has 1 atom stereocenters. The number of carbonyl (C=O) groups excluding carboxylic acids is 1. The van der Waals surface area contributed by atoms with Gasteiger partial charge in [-0.1, -0.05) is 17.3 Å². The van der Waals surface area contributed by atoms with Crippen LogP contribution in [0.5, 0.6) is 0 Å². The van der Waals surface area contributed by atoms with Gasteiger partial charge in [-0.05, 0) is 43.5 Å². The number of amides is 1. The first-order valence-electron chi connectivity index (χ1n) is 8.57. The van der Waals surface area contributed by atoms with Gasteiger partial charge in [0.05, 0.1) is 17.9 Å². The van der Waals surface area contributed by atoms with E-state index in [0.29, 0.717) is 29.0 Å². The Kier molecular flexibility index (Phi) is 4.24. The number of rotatable bonds is 3. The van der Waals surface area contributed by atoms with Crippen molar-refractivity contribution in [3.63, 3.8) is 0 Å². The molecule has 0 unspecified atom stereocenters. The van der Waals surface area contributed by atoms with Gasteiger partial charge in [0.1, 0.15) is 5.82 Å². The van der Waals surface area contributed by atoms with E-state index in [1.165, 1.54) is 12.4 Å². The molecule has 0 spiro atoms. The Balaban J connectivity index is 1.64. The molecule has 0 radical (unpaired) electrons. The van der Waals surface area contributed by atoms with Gasteiger partial charge >= 0.3 is 0 Å². The zero-order valence-electron chi connectivity index (χ0n) is 14.4. The van der Waals surface area contributed by atoms with Crippen LogP contribution in [-0.4, -0.2) is 27.5 Å². The van der Waals surface area contributed by atoms with E-state index in [1.807, 2.05) is 17.9 Å². The predicted molar refractivity (Wildman–Crippen MR) is 93.9 cm³/mol. The summed E-state index contributed by atoms with van der Waals surface area (Å²) in [5, 5.41) is 3.93. The van der Waals surface area contributed by atoms with Crippen LogP contribution in [0.25, 0.3) is 11.1 Å². The van der Waals surface area contributed by atoms with Gasteiger partial charge in [0.2, 0.25) is 0 Å². The van der Waals surface area contributed by atoms with Gasteiger partial charge in [-0.25, -0.2) is 4.39 Å². The smallest absolute Gasteiger partial charge is 0.254 e. The lowest BCUT2D eigenvalue weighted by atomic mass is 10.0. The first-order chi connectivity index (χ1) is 12.6. The highest BCUT2D eigenvalue weighted by Crippen LogP contribution is 2.34. The van der Waals surface area contributed by atoms with Crippen molar-refractivity contribution >= 4 is 5.91 Å². The lowest BCUT2D eigenvalue weighted by molar-refractivity contribution is 0.0714. The van der Waals surface area contributed by atoms with Crippen molar-refractivity contribution in [3.8, 4) is 11.1 Å². The van der Waals surface area contributed by atoms with Crippen molar-refractivity contribution in [1.82, 2.24) is 15.0 Å². The second-order valence-corrected chi connectivity index (χ2v) is 6.46. The fraction of sp³-hybridized carbons (Fsp3) is 0.250. The largest absolute Gasteiger partial charge is 0.359 e. The van der Waals surface area contributed by atoms with E-state index < -0.39 is 5.82 Å². The molecule has 0 saturated carbocycles. The molecule has 26 heavy (non-hydrogen) atoms. The highest BCUT2D eigenvalue weighted by atomic mass is 19.1. The second-order valence-electron chi connectivity index (χ2n) is 6.46. The van der Waals surface area contributed by atoms with Gasteiger partial charge in [-0.15, -0.1) is 0 Å². The van der Waals surface area contributed by atoms with E-state index in [9.17, 15) is 9.18 Å². The molecule has 1 saturated heterocycles. The molecule has 6 heteroatoms. The zero-order valence-corrected chi connectivity index (χ0v) is 14.4. The van der Waals surface area contributed by atoms with Gasteiger partial charge in [-0.3, -0.25) is 9.78 Å². The number of pyridine rings is 1. The highest BCUT2D eigenvalue weighted by Gasteiger charge is 2.33. The summed E-state index contributed by atoms with van der Waals surface area (Å²) in [5.74, 6) is 0.218. The Morgan fingerprint density at radius 3 is 2.96 bits per heavy atom. The Morgan fingerprint density at radius 2 is 2.19 bits per heavy atom. The van der Waals surface area contributed by atoms with Crippen LogP contribution in [0.3, 0.4) is 0 Å². The molecule has 1 aliphatic rings. The molecule has 132 valence electrons. The number of benzene rings is 1. The van der Waals surface area contributed by atoms with Gasteiger partial charge in [-0.2, -0.15) is 0 Å². The Morgan fingerprint density at radius 1 is 1.31 bits per heavy atom. The minimum Gasteiger partial charge on any atom is -0.359 e. The Labute approximate surface area is 150 Å². The van der Waals surface area contributed by atoms with Crippen LogP contribution >= 0.6 is 0 Å². The van der Waals surface area contributed by atoms with Gasteiger partial charge in [0, 0.05) is 29.9 Å². The van der Waals surface area contributed by atoms with Crippen LogP contribution in [-0.2, 0) is 0 Å². The van der Waals surface area contributed by atoms with Crippen molar-refractivity contribution in [1.29, 1.82) is 0 Å². The number of aryl methyl sites for hydroxylation is 1. The molecule has 1 aliphatic heterocycles. The van der Waals surface area contributed by atoms with Crippen molar-refractivity contribution < 1.29 is 13.7 Å². The number of likely N-dealkylation sites (tertiary alicyclic amines) is 1. The molecule has 2 aromatic heterocycles. The number of hydrogen-bond donors (Lipinski definition) is 0. The fourth-order valence-corrected chi connectivity index (χ4v) is 3.44. The minimum absolute atomic E-state index is 0.0853. The molecule has 0 aliphatic carbocycles. The number of aromatic nitrogens is 2. The van der Waals surface area contributed by atoms with E-state index in [1.54, 1.807) is 30.3 Å². The normalized spacial score (nSPS) is 16.8. The minimum atomic E-state index is -0.409. The molecule has 4 rings (SSSR count). The molecule has 5 nitrogen and oxygen atoms in total. The molecule has 0 N–H and O–H groups in total. The highest BCUT2D eigenvalue weighted by molar-refractivity contribution is 5.96. The van der Waals surface area contributed by atoms with Crippen LogP contribution < -0.4 is 0 Å². The second kappa shape index (κ2) is 6.71. The third kappa shape index (κ3) is 2.98. The molecular weight excluding hydrogens is 333 g/mol. The average molecular weight is 351 g/mol. The van der Waals surface area contributed by atoms with Crippen LogP contribution in [0.2, 0.25) is 0 Å². The SMILES string of the molecule is Cc1cc([C@H]2CCCN2C(=O)c2cccc(-c3ccncc3F)c2)on1. The predicted octanol–water partition coefficient (Wildman–Crippen LogP) is 4.16. The van der Waals surface area contributed by atoms with E-state index in [0.717, 1.165) is 18.5 Å². The summed E-state index contributed by atoms with van der Waals surface area (Å²) in [6.07, 6.45) is 4.47. The first kappa shape index (κ1) is 16.4. The van der Waals surface area contributed by atoms with E-state index in [4.69, 9.17) is 4.52 Å². The zero-order chi connectivity index (χ0) is 18.1. The van der Waals surface area contributed by atoms with Gasteiger partial charge in [0.25, 0.3) is 5.91 Å². The third-order valence-electron chi connectivity index (χ3n) is 4.68. The van der Waals surface area contributed by atoms with E-state index in [2.05, 4.69) is 10.1 Å². The number of hydrogen-bond acceptors (Lipinski definition) is 4. The quantitative estimate of drug-likeness (QED) is 0.711. The summed E-state index contributed by atoms with van der Waals surface area (Å²) in [5.41, 5.74) is 2.41. The third-order valence-corrected chi connectivity index (χ3v) is 4.68. The van der Waals surface area contributed by atoms with Crippen LogP contribution in [0.4, 0.5) is 4.39 Å². The molecule has 1 fully saturated rings. The topological polar surface area (TPSA) is 59.2 Å². The number of nitrogens with zero attached hydrogens (tertiary/aromatic N) is 3. The van der Waals surface area contributed by atoms with Crippen LogP contribution in [0.1, 0.15) is 40.7 Å². The molecular formula is C20H18FN3O2. The van der Waals surface area contributed by atoms with Crippen molar-refractivity contribution in [2.45, 2.75) is 25.8 Å². The number of halogens is 1. The van der Waals surface area contributed by atoms with Crippen molar-refractivity contribution in [3.05, 3.63) is 71.6 Å². The molecule has 3 heterocycles. The Bertz CT molecular complexity index is 953. The molecule has 1 amide bonds. The van der Waals surface area contributed by atoms with E-state index >= 15 is 0 Å². The van der Waals surface area contributed by atoms with E-state index in [-0.39, 0.29) is 11.9 Å². The lowest BCUT2D eigenvalue weighted by Crippen LogP contribution is -2.30. The summed E-state index contributed by atoms with van der Waals surface area (Å²) in [6.45, 7) is 2.53.